The molecular weight excluding hydrogens is 230 g/mol. The van der Waals surface area contributed by atoms with Gasteiger partial charge in [-0.25, -0.2) is 0 Å². The number of hydrogen-bond acceptors (Lipinski definition) is 4. The fourth-order valence-electron chi connectivity index (χ4n) is 2.41. The molecule has 0 aromatic heterocycles. The molecule has 1 aliphatic carbocycles. The molecule has 0 saturated heterocycles. The number of ether oxygens (including phenoxy) is 2. The molecule has 0 heterocycles. The van der Waals surface area contributed by atoms with Gasteiger partial charge in [-0.05, 0) is 25.2 Å². The van der Waals surface area contributed by atoms with Crippen LogP contribution in [0.15, 0.2) is 0 Å². The molecule has 0 radical (unpaired) electrons. The minimum Gasteiger partial charge on any atom is -0.389 e. The van der Waals surface area contributed by atoms with Crippen molar-refractivity contribution in [3.63, 3.8) is 0 Å². The van der Waals surface area contributed by atoms with Gasteiger partial charge >= 0.3 is 0 Å². The lowest BCUT2D eigenvalue weighted by molar-refractivity contribution is 0.0127. The monoisotopic (exact) mass is 259 g/mol. The van der Waals surface area contributed by atoms with Crippen LogP contribution >= 0.6 is 0 Å². The highest BCUT2D eigenvalue weighted by molar-refractivity contribution is 4.74. The number of hydrogen-bond donors (Lipinski definition) is 2. The average molecular weight is 259 g/mol. The van der Waals surface area contributed by atoms with Crippen molar-refractivity contribution < 1.29 is 14.6 Å². The van der Waals surface area contributed by atoms with Crippen LogP contribution in [0.1, 0.15) is 39.0 Å². The zero-order valence-electron chi connectivity index (χ0n) is 11.9. The Morgan fingerprint density at radius 2 is 2.06 bits per heavy atom. The second-order valence-corrected chi connectivity index (χ2v) is 5.44. The molecule has 0 aliphatic heterocycles. The maximum Gasteiger partial charge on any atom is 0.0897 e. The lowest BCUT2D eigenvalue weighted by Gasteiger charge is -2.19. The Labute approximate surface area is 111 Å². The molecule has 108 valence electrons. The van der Waals surface area contributed by atoms with Gasteiger partial charge in [-0.15, -0.1) is 0 Å². The molecule has 0 bridgehead atoms. The number of nitrogens with one attached hydrogen (secondary N) is 1. The first-order chi connectivity index (χ1) is 8.72. The van der Waals surface area contributed by atoms with Gasteiger partial charge in [0, 0.05) is 19.7 Å². The summed E-state index contributed by atoms with van der Waals surface area (Å²) in [4.78, 5) is 0. The van der Waals surface area contributed by atoms with E-state index in [0.717, 1.165) is 5.92 Å². The van der Waals surface area contributed by atoms with Crippen molar-refractivity contribution in [3.05, 3.63) is 0 Å². The quantitative estimate of drug-likeness (QED) is 0.513. The van der Waals surface area contributed by atoms with Gasteiger partial charge < -0.3 is 19.9 Å². The molecule has 18 heavy (non-hydrogen) atoms. The maximum absolute atomic E-state index is 9.77. The van der Waals surface area contributed by atoms with Crippen molar-refractivity contribution in [2.24, 2.45) is 5.92 Å². The molecule has 1 rings (SSSR count). The molecule has 0 aromatic rings. The van der Waals surface area contributed by atoms with Gasteiger partial charge in [0.1, 0.15) is 0 Å². The summed E-state index contributed by atoms with van der Waals surface area (Å²) in [6.07, 6.45) is 6.01. The van der Waals surface area contributed by atoms with Crippen molar-refractivity contribution in [1.29, 1.82) is 0 Å². The van der Waals surface area contributed by atoms with E-state index < -0.39 is 6.10 Å². The third kappa shape index (κ3) is 7.31. The summed E-state index contributed by atoms with van der Waals surface area (Å²) < 4.78 is 10.2. The summed E-state index contributed by atoms with van der Waals surface area (Å²) in [5.74, 6) is 0.860. The number of rotatable bonds is 8. The highest BCUT2D eigenvalue weighted by Crippen LogP contribution is 2.22. The minimum atomic E-state index is -0.414. The predicted molar refractivity (Wildman–Crippen MR) is 72.7 cm³/mol. The average Bonchev–Trinajstić information content (AvgIpc) is 2.57. The van der Waals surface area contributed by atoms with E-state index in [0.29, 0.717) is 32.4 Å². The molecule has 4 nitrogen and oxygen atoms in total. The van der Waals surface area contributed by atoms with E-state index in [2.05, 4.69) is 12.2 Å². The highest BCUT2D eigenvalue weighted by Gasteiger charge is 2.16. The van der Waals surface area contributed by atoms with Gasteiger partial charge in [-0.2, -0.15) is 0 Å². The van der Waals surface area contributed by atoms with Crippen LogP contribution in [0.4, 0.5) is 0 Å². The molecule has 1 saturated carbocycles. The summed E-state index contributed by atoms with van der Waals surface area (Å²) >= 11 is 0. The van der Waals surface area contributed by atoms with Crippen molar-refractivity contribution in [2.45, 2.75) is 51.2 Å². The molecular formula is C14H29NO3. The summed E-state index contributed by atoms with van der Waals surface area (Å²) in [5, 5.41) is 13.2. The van der Waals surface area contributed by atoms with Crippen molar-refractivity contribution in [1.82, 2.24) is 5.32 Å². The van der Waals surface area contributed by atoms with Crippen molar-refractivity contribution in [2.75, 3.05) is 33.5 Å². The normalized spacial score (nSPS) is 26.8. The van der Waals surface area contributed by atoms with Crippen LogP contribution in [0, 0.1) is 5.92 Å². The standard InChI is InChI=1S/C14H29NO3/c1-12-4-3-5-13(7-6-12)15-10-14(16)11-18-9-8-17-2/h12-16H,3-11H2,1-2H3. The first-order valence-corrected chi connectivity index (χ1v) is 7.20. The zero-order valence-corrected chi connectivity index (χ0v) is 11.9. The first-order valence-electron chi connectivity index (χ1n) is 7.20. The summed E-state index contributed by atoms with van der Waals surface area (Å²) in [5.41, 5.74) is 0. The van der Waals surface area contributed by atoms with Gasteiger partial charge in [0.2, 0.25) is 0 Å². The molecule has 3 atom stereocenters. The van der Waals surface area contributed by atoms with E-state index in [1.54, 1.807) is 7.11 Å². The molecule has 4 heteroatoms. The zero-order chi connectivity index (χ0) is 13.2. The number of aliphatic hydroxyl groups excluding tert-OH is 1. The highest BCUT2D eigenvalue weighted by atomic mass is 16.5. The largest absolute Gasteiger partial charge is 0.389 e. The van der Waals surface area contributed by atoms with Gasteiger partial charge in [0.05, 0.1) is 25.9 Å². The molecule has 1 fully saturated rings. The van der Waals surface area contributed by atoms with Crippen molar-refractivity contribution >= 4 is 0 Å². The summed E-state index contributed by atoms with van der Waals surface area (Å²) in [6.45, 7) is 4.49. The Balaban J connectivity index is 2.04. The van der Waals surface area contributed by atoms with Gasteiger partial charge in [0.15, 0.2) is 0 Å². The van der Waals surface area contributed by atoms with E-state index in [1.807, 2.05) is 0 Å². The molecule has 1 aliphatic rings. The molecule has 3 unspecified atom stereocenters. The molecule has 0 aromatic carbocycles. The SMILES string of the molecule is COCCOCC(O)CNC1CCCC(C)CC1. The Hall–Kier alpha value is -0.160. The molecule has 0 amide bonds. The van der Waals surface area contributed by atoms with E-state index in [1.165, 1.54) is 32.1 Å². The number of methoxy groups -OCH3 is 1. The van der Waals surface area contributed by atoms with Crippen LogP contribution < -0.4 is 5.32 Å². The van der Waals surface area contributed by atoms with Crippen LogP contribution in [-0.2, 0) is 9.47 Å². The first kappa shape index (κ1) is 15.9. The van der Waals surface area contributed by atoms with Crippen LogP contribution in [-0.4, -0.2) is 50.7 Å². The Morgan fingerprint density at radius 1 is 1.22 bits per heavy atom. The Kier molecular flexibility index (Phi) is 8.59. The number of aliphatic hydroxyl groups is 1. The van der Waals surface area contributed by atoms with Gasteiger partial charge in [0.25, 0.3) is 0 Å². The lowest BCUT2D eigenvalue weighted by Crippen LogP contribution is -2.37. The Bertz CT molecular complexity index is 201. The predicted octanol–water partition coefficient (Wildman–Crippen LogP) is 1.57. The maximum atomic E-state index is 9.77. The smallest absolute Gasteiger partial charge is 0.0897 e. The van der Waals surface area contributed by atoms with Crippen LogP contribution in [0.3, 0.4) is 0 Å². The summed E-state index contributed by atoms with van der Waals surface area (Å²) in [7, 11) is 1.65. The summed E-state index contributed by atoms with van der Waals surface area (Å²) in [6, 6.07) is 0.573. The second kappa shape index (κ2) is 9.73. The van der Waals surface area contributed by atoms with Crippen molar-refractivity contribution in [3.8, 4) is 0 Å². The fraction of sp³-hybridized carbons (Fsp3) is 1.00. The Morgan fingerprint density at radius 3 is 2.83 bits per heavy atom. The van der Waals surface area contributed by atoms with Crippen LogP contribution in [0.2, 0.25) is 0 Å². The molecule has 2 N–H and O–H groups in total. The second-order valence-electron chi connectivity index (χ2n) is 5.44. The van der Waals surface area contributed by atoms with Crippen LogP contribution in [0.25, 0.3) is 0 Å². The van der Waals surface area contributed by atoms with Gasteiger partial charge in [-0.1, -0.05) is 19.8 Å². The molecule has 0 spiro atoms. The van der Waals surface area contributed by atoms with Crippen LogP contribution in [0.5, 0.6) is 0 Å². The fourth-order valence-corrected chi connectivity index (χ4v) is 2.41. The third-order valence-electron chi connectivity index (χ3n) is 3.64. The topological polar surface area (TPSA) is 50.7 Å². The van der Waals surface area contributed by atoms with E-state index >= 15 is 0 Å². The van der Waals surface area contributed by atoms with E-state index in [-0.39, 0.29) is 0 Å². The van der Waals surface area contributed by atoms with Gasteiger partial charge in [-0.3, -0.25) is 0 Å². The third-order valence-corrected chi connectivity index (χ3v) is 3.64. The van der Waals surface area contributed by atoms with E-state index in [4.69, 9.17) is 9.47 Å². The van der Waals surface area contributed by atoms with E-state index in [9.17, 15) is 5.11 Å². The lowest BCUT2D eigenvalue weighted by atomic mass is 10.0. The minimum absolute atomic E-state index is 0.388.